The van der Waals surface area contributed by atoms with Gasteiger partial charge in [0.1, 0.15) is 6.29 Å². The standard InChI is InChI=1S/C12H19ClO3/c1-9(8-13)7-11-10(5-4-6-14)15-12(2,3)16-11/h6,10-11H,1,4-5,7-8H2,2-3H3/t10-,11-/m1/s1. The van der Waals surface area contributed by atoms with Crippen LogP contribution in [0.25, 0.3) is 0 Å². The van der Waals surface area contributed by atoms with E-state index in [1.807, 2.05) is 13.8 Å². The van der Waals surface area contributed by atoms with E-state index in [0.717, 1.165) is 11.9 Å². The molecule has 2 atom stereocenters. The third-order valence-electron chi connectivity index (χ3n) is 2.53. The third kappa shape index (κ3) is 3.89. The molecule has 3 nitrogen and oxygen atoms in total. The average Bonchev–Trinajstić information content (AvgIpc) is 2.50. The second-order valence-corrected chi connectivity index (χ2v) is 4.81. The topological polar surface area (TPSA) is 35.5 Å². The molecule has 1 fully saturated rings. The summed E-state index contributed by atoms with van der Waals surface area (Å²) < 4.78 is 11.5. The van der Waals surface area contributed by atoms with Gasteiger partial charge in [0.05, 0.1) is 12.2 Å². The molecule has 1 aliphatic heterocycles. The van der Waals surface area contributed by atoms with Gasteiger partial charge < -0.3 is 14.3 Å². The molecule has 0 aromatic rings. The van der Waals surface area contributed by atoms with Crippen molar-refractivity contribution < 1.29 is 14.3 Å². The van der Waals surface area contributed by atoms with Gasteiger partial charge in [-0.25, -0.2) is 0 Å². The van der Waals surface area contributed by atoms with E-state index in [2.05, 4.69) is 6.58 Å². The lowest BCUT2D eigenvalue weighted by Gasteiger charge is -2.17. The molecule has 0 amide bonds. The van der Waals surface area contributed by atoms with Crippen molar-refractivity contribution in [2.45, 2.75) is 51.1 Å². The van der Waals surface area contributed by atoms with Crippen molar-refractivity contribution in [3.63, 3.8) is 0 Å². The van der Waals surface area contributed by atoms with Crippen LogP contribution in [0.5, 0.6) is 0 Å². The van der Waals surface area contributed by atoms with E-state index in [0.29, 0.717) is 25.1 Å². The minimum atomic E-state index is -0.579. The fourth-order valence-corrected chi connectivity index (χ4v) is 2.01. The van der Waals surface area contributed by atoms with Crippen molar-refractivity contribution >= 4 is 17.9 Å². The van der Waals surface area contributed by atoms with Gasteiger partial charge in [-0.3, -0.25) is 0 Å². The normalized spacial score (nSPS) is 27.9. The molecule has 0 spiro atoms. The molecule has 1 heterocycles. The number of halogens is 1. The van der Waals surface area contributed by atoms with Crippen LogP contribution in [-0.4, -0.2) is 30.2 Å². The number of hydrogen-bond acceptors (Lipinski definition) is 3. The molecular formula is C12H19ClO3. The van der Waals surface area contributed by atoms with Gasteiger partial charge in [0.2, 0.25) is 0 Å². The maximum atomic E-state index is 10.4. The molecule has 1 aliphatic rings. The van der Waals surface area contributed by atoms with Crippen molar-refractivity contribution in [2.75, 3.05) is 5.88 Å². The van der Waals surface area contributed by atoms with Gasteiger partial charge in [0.25, 0.3) is 0 Å². The largest absolute Gasteiger partial charge is 0.345 e. The summed E-state index contributed by atoms with van der Waals surface area (Å²) in [6.45, 7) is 7.62. The molecule has 92 valence electrons. The zero-order valence-electron chi connectivity index (χ0n) is 9.87. The monoisotopic (exact) mass is 246 g/mol. The van der Waals surface area contributed by atoms with Crippen LogP contribution in [0.4, 0.5) is 0 Å². The Labute approximate surface area is 102 Å². The van der Waals surface area contributed by atoms with Crippen LogP contribution in [0.15, 0.2) is 12.2 Å². The number of carbonyl (C=O) groups is 1. The predicted octanol–water partition coefficient (Wildman–Crippen LogP) is 2.67. The Morgan fingerprint density at radius 3 is 2.62 bits per heavy atom. The number of rotatable bonds is 6. The van der Waals surface area contributed by atoms with Crippen molar-refractivity contribution in [3.05, 3.63) is 12.2 Å². The Balaban J connectivity index is 2.56. The third-order valence-corrected chi connectivity index (χ3v) is 2.91. The Morgan fingerprint density at radius 1 is 1.44 bits per heavy atom. The molecule has 0 radical (unpaired) electrons. The van der Waals surface area contributed by atoms with Crippen molar-refractivity contribution in [3.8, 4) is 0 Å². The lowest BCUT2D eigenvalue weighted by Crippen LogP contribution is -2.23. The summed E-state index contributed by atoms with van der Waals surface area (Å²) in [5, 5.41) is 0. The molecule has 1 saturated heterocycles. The Morgan fingerprint density at radius 2 is 2.06 bits per heavy atom. The summed E-state index contributed by atoms with van der Waals surface area (Å²) in [4.78, 5) is 10.4. The zero-order chi connectivity index (χ0) is 12.2. The minimum absolute atomic E-state index is 0.0406. The molecule has 0 aliphatic carbocycles. The van der Waals surface area contributed by atoms with E-state index in [1.165, 1.54) is 0 Å². The van der Waals surface area contributed by atoms with Crippen LogP contribution in [0.2, 0.25) is 0 Å². The van der Waals surface area contributed by atoms with Crippen LogP contribution >= 0.6 is 11.6 Å². The first-order valence-corrected chi connectivity index (χ1v) is 6.04. The summed E-state index contributed by atoms with van der Waals surface area (Å²) in [6.07, 6.45) is 2.70. The van der Waals surface area contributed by atoms with Crippen LogP contribution in [0, 0.1) is 0 Å². The van der Waals surface area contributed by atoms with Gasteiger partial charge in [-0.05, 0) is 26.7 Å². The van der Waals surface area contributed by atoms with Crippen LogP contribution in [0.3, 0.4) is 0 Å². The highest BCUT2D eigenvalue weighted by Gasteiger charge is 2.40. The minimum Gasteiger partial charge on any atom is -0.345 e. The fourth-order valence-electron chi connectivity index (χ4n) is 1.90. The van der Waals surface area contributed by atoms with Crippen LogP contribution in [0.1, 0.15) is 33.1 Å². The van der Waals surface area contributed by atoms with Gasteiger partial charge in [-0.1, -0.05) is 12.2 Å². The highest BCUT2D eigenvalue weighted by atomic mass is 35.5. The molecule has 0 saturated carbocycles. The Hall–Kier alpha value is -0.380. The smallest absolute Gasteiger partial charge is 0.163 e. The zero-order valence-corrected chi connectivity index (χ0v) is 10.6. The van der Waals surface area contributed by atoms with Gasteiger partial charge in [0.15, 0.2) is 5.79 Å². The predicted molar refractivity (Wildman–Crippen MR) is 63.6 cm³/mol. The van der Waals surface area contributed by atoms with Crippen molar-refractivity contribution in [1.82, 2.24) is 0 Å². The van der Waals surface area contributed by atoms with E-state index < -0.39 is 5.79 Å². The summed E-state index contributed by atoms with van der Waals surface area (Å²) >= 11 is 5.70. The van der Waals surface area contributed by atoms with Crippen LogP contribution < -0.4 is 0 Å². The highest BCUT2D eigenvalue weighted by Crippen LogP contribution is 2.33. The molecule has 0 aromatic carbocycles. The van der Waals surface area contributed by atoms with E-state index in [1.54, 1.807) is 0 Å². The lowest BCUT2D eigenvalue weighted by molar-refractivity contribution is -0.146. The molecule has 16 heavy (non-hydrogen) atoms. The number of ether oxygens (including phenoxy) is 2. The first kappa shape index (κ1) is 13.7. The summed E-state index contributed by atoms with van der Waals surface area (Å²) in [6, 6.07) is 0. The van der Waals surface area contributed by atoms with Gasteiger partial charge in [0, 0.05) is 12.3 Å². The first-order chi connectivity index (χ1) is 7.48. The van der Waals surface area contributed by atoms with E-state index in [-0.39, 0.29) is 12.2 Å². The number of alkyl halides is 1. The van der Waals surface area contributed by atoms with E-state index >= 15 is 0 Å². The van der Waals surface area contributed by atoms with Gasteiger partial charge in [-0.15, -0.1) is 11.6 Å². The van der Waals surface area contributed by atoms with Gasteiger partial charge in [-0.2, -0.15) is 0 Å². The molecule has 0 N–H and O–H groups in total. The van der Waals surface area contributed by atoms with Gasteiger partial charge >= 0.3 is 0 Å². The molecule has 1 rings (SSSR count). The number of hydrogen-bond donors (Lipinski definition) is 0. The SMILES string of the molecule is C=C(CCl)C[C@H]1OC(C)(C)O[C@@H]1CCC=O. The average molecular weight is 247 g/mol. The number of carbonyl (C=O) groups excluding carboxylic acids is 1. The molecular weight excluding hydrogens is 228 g/mol. The summed E-state index contributed by atoms with van der Waals surface area (Å²) in [5.41, 5.74) is 0.934. The van der Waals surface area contributed by atoms with Crippen LogP contribution in [-0.2, 0) is 14.3 Å². The Bertz CT molecular complexity index is 263. The first-order valence-electron chi connectivity index (χ1n) is 5.50. The fraction of sp³-hybridized carbons (Fsp3) is 0.750. The maximum absolute atomic E-state index is 10.4. The highest BCUT2D eigenvalue weighted by molar-refractivity contribution is 6.19. The second-order valence-electron chi connectivity index (χ2n) is 4.54. The van der Waals surface area contributed by atoms with Crippen molar-refractivity contribution in [2.24, 2.45) is 0 Å². The van der Waals surface area contributed by atoms with E-state index in [9.17, 15) is 4.79 Å². The second kappa shape index (κ2) is 5.80. The molecule has 0 bridgehead atoms. The summed E-state index contributed by atoms with van der Waals surface area (Å²) in [5.74, 6) is -0.147. The lowest BCUT2D eigenvalue weighted by atomic mass is 10.0. The Kier molecular flexibility index (Phi) is 4.96. The summed E-state index contributed by atoms with van der Waals surface area (Å²) in [7, 11) is 0. The molecule has 4 heteroatoms. The molecule has 0 aromatic heterocycles. The van der Waals surface area contributed by atoms with E-state index in [4.69, 9.17) is 21.1 Å². The van der Waals surface area contributed by atoms with Crippen molar-refractivity contribution in [1.29, 1.82) is 0 Å². The number of aldehydes is 1. The maximum Gasteiger partial charge on any atom is 0.163 e. The quantitative estimate of drug-likeness (QED) is 0.411. The molecule has 0 unspecified atom stereocenters.